The number of carbonyl (C=O) groups is 1. The van der Waals surface area contributed by atoms with Crippen LogP contribution in [-0.4, -0.2) is 64.8 Å². The van der Waals surface area contributed by atoms with Crippen molar-refractivity contribution in [1.29, 1.82) is 0 Å². The molecular weight excluding hydrogens is 445 g/mol. The standard InChI is InChI=1S/C17H31N7O.HI/c1-4-15-22-20-13-24(15)11-10-18-17(19-12-16(25)23(2)3)21-14-8-6-5-7-9-14;/h13-14H,4-12H2,1-3H3,(H2,18,19,21);1H. The number of nitrogens with zero attached hydrogens (tertiary/aromatic N) is 5. The van der Waals surface area contributed by atoms with Gasteiger partial charge in [0.25, 0.3) is 0 Å². The van der Waals surface area contributed by atoms with E-state index < -0.39 is 0 Å². The highest BCUT2D eigenvalue weighted by atomic mass is 127. The number of carbonyl (C=O) groups excluding carboxylic acids is 1. The van der Waals surface area contributed by atoms with Crippen LogP contribution >= 0.6 is 24.0 Å². The molecular formula is C17H32IN7O. The number of rotatable bonds is 7. The molecule has 26 heavy (non-hydrogen) atoms. The molecule has 1 fully saturated rings. The Labute approximate surface area is 173 Å². The fourth-order valence-corrected chi connectivity index (χ4v) is 2.92. The number of halogens is 1. The number of aromatic nitrogens is 3. The summed E-state index contributed by atoms with van der Waals surface area (Å²) in [6.45, 7) is 3.70. The maximum absolute atomic E-state index is 11.8. The lowest BCUT2D eigenvalue weighted by molar-refractivity contribution is -0.127. The van der Waals surface area contributed by atoms with E-state index in [1.54, 1.807) is 25.3 Å². The zero-order chi connectivity index (χ0) is 18.1. The molecule has 1 amide bonds. The predicted molar refractivity (Wildman–Crippen MR) is 114 cm³/mol. The molecule has 9 heteroatoms. The molecule has 1 saturated carbocycles. The van der Waals surface area contributed by atoms with Crippen LogP contribution in [0.2, 0.25) is 0 Å². The maximum Gasteiger partial charge on any atom is 0.243 e. The van der Waals surface area contributed by atoms with Crippen molar-refractivity contribution in [2.24, 2.45) is 4.99 Å². The molecule has 1 aromatic heterocycles. The Hall–Kier alpha value is -1.39. The first-order valence-corrected chi connectivity index (χ1v) is 9.21. The van der Waals surface area contributed by atoms with E-state index in [0.29, 0.717) is 18.5 Å². The number of aliphatic imine (C=N–C) groups is 1. The molecule has 148 valence electrons. The van der Waals surface area contributed by atoms with Crippen molar-refractivity contribution in [1.82, 2.24) is 30.3 Å². The zero-order valence-electron chi connectivity index (χ0n) is 16.1. The van der Waals surface area contributed by atoms with Gasteiger partial charge in [0.2, 0.25) is 5.91 Å². The van der Waals surface area contributed by atoms with E-state index in [-0.39, 0.29) is 36.4 Å². The second kappa shape index (κ2) is 12.1. The van der Waals surface area contributed by atoms with Gasteiger partial charge in [-0.05, 0) is 12.8 Å². The van der Waals surface area contributed by atoms with Crippen LogP contribution in [0.25, 0.3) is 0 Å². The lowest BCUT2D eigenvalue weighted by Crippen LogP contribution is -2.45. The van der Waals surface area contributed by atoms with Crippen molar-refractivity contribution in [3.63, 3.8) is 0 Å². The van der Waals surface area contributed by atoms with Gasteiger partial charge in [-0.25, -0.2) is 4.99 Å². The molecule has 1 aliphatic rings. The molecule has 0 unspecified atom stereocenters. The number of hydrogen-bond acceptors (Lipinski definition) is 4. The fourth-order valence-electron chi connectivity index (χ4n) is 2.92. The number of hydrogen-bond donors (Lipinski definition) is 2. The summed E-state index contributed by atoms with van der Waals surface area (Å²) in [6.07, 6.45) is 8.75. The first-order chi connectivity index (χ1) is 12.1. The second-order valence-electron chi connectivity index (χ2n) is 6.65. The number of guanidine groups is 1. The van der Waals surface area contributed by atoms with Gasteiger partial charge in [0.05, 0.1) is 0 Å². The fraction of sp³-hybridized carbons (Fsp3) is 0.765. The Morgan fingerprint density at radius 3 is 2.73 bits per heavy atom. The molecule has 1 heterocycles. The first-order valence-electron chi connectivity index (χ1n) is 9.21. The lowest BCUT2D eigenvalue weighted by Gasteiger charge is -2.25. The Morgan fingerprint density at radius 1 is 1.35 bits per heavy atom. The van der Waals surface area contributed by atoms with Gasteiger partial charge < -0.3 is 20.1 Å². The SMILES string of the molecule is CCc1nncn1CCNC(=NCC(=O)N(C)C)NC1CCCCC1.I. The maximum atomic E-state index is 11.8. The molecule has 0 aliphatic heterocycles. The zero-order valence-corrected chi connectivity index (χ0v) is 18.4. The molecule has 0 saturated heterocycles. The Morgan fingerprint density at radius 2 is 2.08 bits per heavy atom. The summed E-state index contributed by atoms with van der Waals surface area (Å²) < 4.78 is 2.04. The van der Waals surface area contributed by atoms with E-state index in [1.807, 2.05) is 4.57 Å². The summed E-state index contributed by atoms with van der Waals surface area (Å²) >= 11 is 0. The quantitative estimate of drug-likeness (QED) is 0.353. The summed E-state index contributed by atoms with van der Waals surface area (Å²) in [5.74, 6) is 1.69. The number of nitrogens with one attached hydrogen (secondary N) is 2. The van der Waals surface area contributed by atoms with Crippen molar-refractivity contribution < 1.29 is 4.79 Å². The average molecular weight is 477 g/mol. The molecule has 2 rings (SSSR count). The minimum Gasteiger partial charge on any atom is -0.355 e. The molecule has 2 N–H and O–H groups in total. The second-order valence-corrected chi connectivity index (χ2v) is 6.65. The van der Waals surface area contributed by atoms with E-state index in [0.717, 1.165) is 31.6 Å². The molecule has 0 atom stereocenters. The third kappa shape index (κ3) is 7.46. The minimum absolute atomic E-state index is 0. The normalized spacial score (nSPS) is 15.3. The molecule has 1 aromatic rings. The van der Waals surface area contributed by atoms with Gasteiger partial charge in [-0.2, -0.15) is 0 Å². The van der Waals surface area contributed by atoms with Crippen LogP contribution in [0.5, 0.6) is 0 Å². The summed E-state index contributed by atoms with van der Waals surface area (Å²) in [4.78, 5) is 17.9. The van der Waals surface area contributed by atoms with Crippen molar-refractivity contribution in [2.45, 2.75) is 58.0 Å². The van der Waals surface area contributed by atoms with Crippen LogP contribution in [-0.2, 0) is 17.8 Å². The van der Waals surface area contributed by atoms with Crippen LogP contribution in [0.3, 0.4) is 0 Å². The monoisotopic (exact) mass is 477 g/mol. The third-order valence-electron chi connectivity index (χ3n) is 4.47. The van der Waals surface area contributed by atoms with Crippen LogP contribution in [0, 0.1) is 0 Å². The van der Waals surface area contributed by atoms with E-state index >= 15 is 0 Å². The number of aryl methyl sites for hydroxylation is 1. The van der Waals surface area contributed by atoms with Gasteiger partial charge in [-0.15, -0.1) is 34.2 Å². The van der Waals surface area contributed by atoms with Crippen LogP contribution in [0.15, 0.2) is 11.3 Å². The van der Waals surface area contributed by atoms with Crippen LogP contribution in [0.4, 0.5) is 0 Å². The van der Waals surface area contributed by atoms with Crippen molar-refractivity contribution in [2.75, 3.05) is 27.2 Å². The highest BCUT2D eigenvalue weighted by Crippen LogP contribution is 2.17. The van der Waals surface area contributed by atoms with E-state index in [9.17, 15) is 4.79 Å². The number of likely N-dealkylation sites (N-methyl/N-ethyl adjacent to an activating group) is 1. The molecule has 8 nitrogen and oxygen atoms in total. The lowest BCUT2D eigenvalue weighted by atomic mass is 9.96. The van der Waals surface area contributed by atoms with Gasteiger partial charge in [-0.1, -0.05) is 26.2 Å². The molecule has 0 radical (unpaired) electrons. The Bertz CT molecular complexity index is 567. The highest BCUT2D eigenvalue weighted by molar-refractivity contribution is 14.0. The molecule has 0 spiro atoms. The number of amides is 1. The average Bonchev–Trinajstić information content (AvgIpc) is 3.07. The van der Waals surface area contributed by atoms with Crippen molar-refractivity contribution in [3.8, 4) is 0 Å². The summed E-state index contributed by atoms with van der Waals surface area (Å²) in [6, 6.07) is 0.440. The van der Waals surface area contributed by atoms with Gasteiger partial charge in [0.15, 0.2) is 5.96 Å². The van der Waals surface area contributed by atoms with Crippen LogP contribution in [0.1, 0.15) is 44.9 Å². The Balaban J connectivity index is 0.00000338. The first kappa shape index (κ1) is 22.7. The van der Waals surface area contributed by atoms with Gasteiger partial charge in [0.1, 0.15) is 18.7 Å². The third-order valence-corrected chi connectivity index (χ3v) is 4.47. The summed E-state index contributed by atoms with van der Waals surface area (Å²) in [7, 11) is 3.50. The van der Waals surface area contributed by atoms with Crippen LogP contribution < -0.4 is 10.6 Å². The minimum atomic E-state index is -0.00294. The van der Waals surface area contributed by atoms with Gasteiger partial charge in [0, 0.05) is 39.6 Å². The van der Waals surface area contributed by atoms with E-state index in [1.165, 1.54) is 19.3 Å². The topological polar surface area (TPSA) is 87.4 Å². The Kier molecular flexibility index (Phi) is 10.5. The van der Waals surface area contributed by atoms with Crippen molar-refractivity contribution in [3.05, 3.63) is 12.2 Å². The van der Waals surface area contributed by atoms with Gasteiger partial charge >= 0.3 is 0 Å². The van der Waals surface area contributed by atoms with E-state index in [2.05, 4.69) is 32.7 Å². The largest absolute Gasteiger partial charge is 0.355 e. The van der Waals surface area contributed by atoms with E-state index in [4.69, 9.17) is 0 Å². The van der Waals surface area contributed by atoms with Crippen molar-refractivity contribution >= 4 is 35.8 Å². The highest BCUT2D eigenvalue weighted by Gasteiger charge is 2.15. The molecule has 1 aliphatic carbocycles. The molecule has 0 aromatic carbocycles. The molecule has 0 bridgehead atoms. The predicted octanol–water partition coefficient (Wildman–Crippen LogP) is 1.41. The summed E-state index contributed by atoms with van der Waals surface area (Å²) in [5.41, 5.74) is 0. The van der Waals surface area contributed by atoms with Gasteiger partial charge in [-0.3, -0.25) is 4.79 Å². The summed E-state index contributed by atoms with van der Waals surface area (Å²) in [5, 5.41) is 14.9. The smallest absolute Gasteiger partial charge is 0.243 e.